The molecule has 0 saturated carbocycles. The Morgan fingerprint density at radius 3 is 2.54 bits per heavy atom. The van der Waals surface area contributed by atoms with Gasteiger partial charge < -0.3 is 14.8 Å². The van der Waals surface area contributed by atoms with Gasteiger partial charge in [0.15, 0.2) is 11.5 Å². The summed E-state index contributed by atoms with van der Waals surface area (Å²) in [5.74, 6) is 0.962. The lowest BCUT2D eigenvalue weighted by atomic mass is 10.1. The van der Waals surface area contributed by atoms with E-state index in [0.29, 0.717) is 36.6 Å². The second-order valence-corrected chi connectivity index (χ2v) is 6.38. The summed E-state index contributed by atoms with van der Waals surface area (Å²) in [6.07, 6.45) is 2.32. The highest BCUT2D eigenvalue weighted by Crippen LogP contribution is 2.31. The molecular formula is C20H23N3O5. The van der Waals surface area contributed by atoms with Gasteiger partial charge in [0.25, 0.3) is 5.56 Å². The highest BCUT2D eigenvalue weighted by molar-refractivity contribution is 6.19. The van der Waals surface area contributed by atoms with Crippen molar-refractivity contribution in [3.05, 3.63) is 55.9 Å². The number of aromatic nitrogens is 2. The van der Waals surface area contributed by atoms with E-state index in [9.17, 15) is 14.4 Å². The maximum absolute atomic E-state index is 12.9. The first-order chi connectivity index (χ1) is 13.4. The summed E-state index contributed by atoms with van der Waals surface area (Å²) >= 11 is 0. The van der Waals surface area contributed by atoms with Crippen LogP contribution in [0.5, 0.6) is 11.5 Å². The van der Waals surface area contributed by atoms with Crippen molar-refractivity contribution in [1.29, 1.82) is 0 Å². The Kier molecular flexibility index (Phi) is 5.39. The lowest BCUT2D eigenvalue weighted by molar-refractivity contribution is 0.104. The predicted molar refractivity (Wildman–Crippen MR) is 106 cm³/mol. The van der Waals surface area contributed by atoms with Gasteiger partial charge in [0.05, 0.1) is 19.4 Å². The number of hydrogen-bond acceptors (Lipinski definition) is 6. The van der Waals surface area contributed by atoms with Crippen molar-refractivity contribution < 1.29 is 14.3 Å². The van der Waals surface area contributed by atoms with E-state index in [1.165, 1.54) is 11.6 Å². The zero-order valence-electron chi connectivity index (χ0n) is 16.4. The van der Waals surface area contributed by atoms with E-state index >= 15 is 0 Å². The van der Waals surface area contributed by atoms with Gasteiger partial charge in [0, 0.05) is 13.6 Å². The third-order valence-electron chi connectivity index (χ3n) is 4.51. The molecule has 2 heterocycles. The van der Waals surface area contributed by atoms with Crippen LogP contribution in [0.25, 0.3) is 6.08 Å². The molecule has 8 heteroatoms. The molecule has 8 nitrogen and oxygen atoms in total. The number of nitrogens with one attached hydrogen (secondary N) is 1. The number of carbonyl (C=O) groups excluding carboxylic acids is 1. The van der Waals surface area contributed by atoms with E-state index in [1.807, 2.05) is 13.8 Å². The monoisotopic (exact) mass is 385 g/mol. The van der Waals surface area contributed by atoms with Gasteiger partial charge in [0.2, 0.25) is 5.78 Å². The average molecular weight is 385 g/mol. The second kappa shape index (κ2) is 7.75. The van der Waals surface area contributed by atoms with Crippen molar-refractivity contribution >= 4 is 17.7 Å². The number of allylic oxidation sites excluding steroid dienone is 1. The van der Waals surface area contributed by atoms with Crippen LogP contribution in [0.15, 0.2) is 33.5 Å². The number of methoxy groups -OCH3 is 1. The number of anilines is 1. The van der Waals surface area contributed by atoms with Crippen LogP contribution in [0, 0.1) is 0 Å². The molecule has 1 N–H and O–H groups in total. The van der Waals surface area contributed by atoms with Crippen molar-refractivity contribution in [2.75, 3.05) is 19.0 Å². The molecule has 1 aromatic heterocycles. The number of nitrogens with zero attached hydrogens (tertiary/aromatic N) is 2. The van der Waals surface area contributed by atoms with Crippen LogP contribution in [-0.2, 0) is 13.6 Å². The van der Waals surface area contributed by atoms with Crippen molar-refractivity contribution in [3.63, 3.8) is 0 Å². The number of Topliss-reactive ketones (excluding diaryl/α,β-unsaturated/α-hetero) is 1. The average Bonchev–Trinajstić information content (AvgIpc) is 3.00. The molecule has 0 atom stereocenters. The van der Waals surface area contributed by atoms with Crippen LogP contribution in [0.4, 0.5) is 5.82 Å². The van der Waals surface area contributed by atoms with Gasteiger partial charge in [-0.15, -0.1) is 0 Å². The van der Waals surface area contributed by atoms with Gasteiger partial charge in [-0.3, -0.25) is 18.7 Å². The first-order valence-corrected chi connectivity index (χ1v) is 9.11. The fraction of sp³-hybridized carbons (Fsp3) is 0.350. The minimum absolute atomic E-state index is 0.0136. The molecule has 0 aliphatic carbocycles. The van der Waals surface area contributed by atoms with Gasteiger partial charge in [-0.05, 0) is 37.1 Å². The van der Waals surface area contributed by atoms with Gasteiger partial charge in [-0.25, -0.2) is 4.79 Å². The fourth-order valence-electron chi connectivity index (χ4n) is 3.17. The number of rotatable bonds is 6. The van der Waals surface area contributed by atoms with Gasteiger partial charge in [0.1, 0.15) is 11.4 Å². The number of fused-ring (bicyclic) bond motifs is 1. The van der Waals surface area contributed by atoms with E-state index in [1.54, 1.807) is 31.4 Å². The van der Waals surface area contributed by atoms with E-state index in [-0.39, 0.29) is 17.1 Å². The smallest absolute Gasteiger partial charge is 0.332 e. The molecule has 0 amide bonds. The molecule has 0 saturated heterocycles. The van der Waals surface area contributed by atoms with Gasteiger partial charge in [-0.1, -0.05) is 13.0 Å². The lowest BCUT2D eigenvalue weighted by Crippen LogP contribution is -2.40. The minimum atomic E-state index is -0.599. The van der Waals surface area contributed by atoms with Crippen LogP contribution < -0.4 is 26.0 Å². The predicted octanol–water partition coefficient (Wildman–Crippen LogP) is 2.01. The van der Waals surface area contributed by atoms with Crippen LogP contribution in [0.3, 0.4) is 0 Å². The molecule has 1 aliphatic heterocycles. The lowest BCUT2D eigenvalue weighted by Gasteiger charge is -2.11. The third-order valence-corrected chi connectivity index (χ3v) is 4.51. The molecule has 1 aliphatic rings. The van der Waals surface area contributed by atoms with Crippen LogP contribution in [0.1, 0.15) is 36.2 Å². The van der Waals surface area contributed by atoms with E-state index in [2.05, 4.69) is 5.32 Å². The molecule has 2 aromatic rings. The summed E-state index contributed by atoms with van der Waals surface area (Å²) < 4.78 is 13.2. The Balaban J connectivity index is 2.09. The Hall–Kier alpha value is -3.29. The molecule has 0 unspecified atom stereocenters. The normalized spacial score (nSPS) is 14.1. The largest absolute Gasteiger partial charge is 0.493 e. The summed E-state index contributed by atoms with van der Waals surface area (Å²) in [6.45, 7) is 4.66. The molecule has 3 rings (SSSR count). The highest BCUT2D eigenvalue weighted by atomic mass is 16.5. The molecule has 28 heavy (non-hydrogen) atoms. The zero-order chi connectivity index (χ0) is 20.4. The quantitative estimate of drug-likeness (QED) is 0.765. The SMILES string of the molecule is CCCn1c2c(c(=O)n(C)c1=O)C(=O)C(=Cc1ccc(OC)c(OCC)c1)N2. The number of ether oxygens (including phenoxy) is 2. The van der Waals surface area contributed by atoms with Crippen LogP contribution in [0.2, 0.25) is 0 Å². The summed E-state index contributed by atoms with van der Waals surface area (Å²) in [5, 5.41) is 2.96. The van der Waals surface area contributed by atoms with Crippen molar-refractivity contribution in [1.82, 2.24) is 9.13 Å². The van der Waals surface area contributed by atoms with E-state index in [0.717, 1.165) is 4.57 Å². The molecule has 0 radical (unpaired) electrons. The summed E-state index contributed by atoms with van der Waals surface area (Å²) in [4.78, 5) is 37.8. The molecule has 0 bridgehead atoms. The minimum Gasteiger partial charge on any atom is -0.493 e. The fourth-order valence-corrected chi connectivity index (χ4v) is 3.17. The molecular weight excluding hydrogens is 362 g/mol. The summed E-state index contributed by atoms with van der Waals surface area (Å²) in [6, 6.07) is 5.28. The van der Waals surface area contributed by atoms with Crippen molar-refractivity contribution in [3.8, 4) is 11.5 Å². The van der Waals surface area contributed by atoms with Crippen LogP contribution in [-0.4, -0.2) is 28.6 Å². The zero-order valence-corrected chi connectivity index (χ0v) is 16.4. The summed E-state index contributed by atoms with van der Waals surface area (Å²) in [7, 11) is 2.93. The standard InChI is InChI=1S/C20H23N3O5/c1-5-9-23-18-16(19(25)22(3)20(23)26)17(24)13(21-18)10-12-7-8-14(27-4)15(11-12)28-6-2/h7-8,10-11,21H,5-6,9H2,1-4H3. The van der Waals surface area contributed by atoms with Crippen molar-refractivity contribution in [2.45, 2.75) is 26.8 Å². The Labute approximate surface area is 162 Å². The maximum atomic E-state index is 12.9. The number of ketones is 1. The van der Waals surface area contributed by atoms with E-state index < -0.39 is 17.0 Å². The second-order valence-electron chi connectivity index (χ2n) is 6.38. The van der Waals surface area contributed by atoms with Crippen LogP contribution >= 0.6 is 0 Å². The number of hydrogen-bond donors (Lipinski definition) is 1. The Bertz CT molecular complexity index is 1080. The Morgan fingerprint density at radius 2 is 1.89 bits per heavy atom. The number of carbonyl (C=O) groups is 1. The van der Waals surface area contributed by atoms with Crippen molar-refractivity contribution in [2.24, 2.45) is 7.05 Å². The molecule has 0 fully saturated rings. The maximum Gasteiger partial charge on any atom is 0.332 e. The first kappa shape index (κ1) is 19.5. The van der Waals surface area contributed by atoms with E-state index in [4.69, 9.17) is 9.47 Å². The Morgan fingerprint density at radius 1 is 1.14 bits per heavy atom. The highest BCUT2D eigenvalue weighted by Gasteiger charge is 2.32. The first-order valence-electron chi connectivity index (χ1n) is 9.11. The molecule has 148 valence electrons. The molecule has 0 spiro atoms. The number of benzene rings is 1. The van der Waals surface area contributed by atoms with Gasteiger partial charge in [-0.2, -0.15) is 0 Å². The summed E-state index contributed by atoms with van der Waals surface area (Å²) in [5.41, 5.74) is -0.127. The van der Waals surface area contributed by atoms with Gasteiger partial charge >= 0.3 is 5.69 Å². The third kappa shape index (κ3) is 3.21. The molecule has 1 aromatic carbocycles. The topological polar surface area (TPSA) is 91.6 Å².